The molecule has 0 aromatic heterocycles. The molecule has 1 N–H and O–H groups in total. The van der Waals surface area contributed by atoms with Crippen LogP contribution in [0.2, 0.25) is 10.0 Å². The number of nitrogens with one attached hydrogen (secondary N) is 1. The topological polar surface area (TPSA) is 55.2 Å². The van der Waals surface area contributed by atoms with Gasteiger partial charge in [-0.25, -0.2) is 0 Å². The third-order valence-corrected chi connectivity index (χ3v) is 3.19. The molecule has 4 nitrogen and oxygen atoms in total. The van der Waals surface area contributed by atoms with Crippen molar-refractivity contribution in [2.75, 3.05) is 23.9 Å². The van der Waals surface area contributed by atoms with Gasteiger partial charge in [-0.1, -0.05) is 23.2 Å². The Morgan fingerprint density at radius 2 is 2.06 bits per heavy atom. The molecule has 0 aliphatic heterocycles. The fourth-order valence-corrected chi connectivity index (χ4v) is 1.74. The van der Waals surface area contributed by atoms with Crippen LogP contribution in [0.25, 0.3) is 0 Å². The summed E-state index contributed by atoms with van der Waals surface area (Å²) in [6.45, 7) is 0.639. The van der Waals surface area contributed by atoms with Crippen LogP contribution in [0.15, 0.2) is 12.1 Å². The number of benzene rings is 1. The van der Waals surface area contributed by atoms with Crippen LogP contribution in [0.1, 0.15) is 0 Å². The van der Waals surface area contributed by atoms with Crippen molar-refractivity contribution in [3.8, 4) is 0 Å². The lowest BCUT2D eigenvalue weighted by Gasteiger charge is -2.07. The van der Waals surface area contributed by atoms with E-state index in [9.17, 15) is 10.1 Å². The zero-order valence-electron chi connectivity index (χ0n) is 8.50. The summed E-state index contributed by atoms with van der Waals surface area (Å²) in [7, 11) is 0. The largest absolute Gasteiger partial charge is 0.379 e. The SMILES string of the molecule is CSCCNc1cc(Cl)c(Cl)cc1[N+](=O)[O-]. The summed E-state index contributed by atoms with van der Waals surface area (Å²) >= 11 is 13.2. The first kappa shape index (κ1) is 13.4. The summed E-state index contributed by atoms with van der Waals surface area (Å²) in [6.07, 6.45) is 1.96. The molecule has 16 heavy (non-hydrogen) atoms. The molecule has 1 rings (SSSR count). The maximum absolute atomic E-state index is 10.8. The number of hydrogen-bond acceptors (Lipinski definition) is 4. The minimum atomic E-state index is -0.483. The third kappa shape index (κ3) is 3.43. The molecule has 0 bridgehead atoms. The maximum atomic E-state index is 10.8. The van der Waals surface area contributed by atoms with E-state index in [2.05, 4.69) is 5.32 Å². The molecule has 0 amide bonds. The van der Waals surface area contributed by atoms with Gasteiger partial charge in [0, 0.05) is 18.4 Å². The molecule has 1 aromatic rings. The van der Waals surface area contributed by atoms with Gasteiger partial charge >= 0.3 is 0 Å². The van der Waals surface area contributed by atoms with Crippen LogP contribution in [0.4, 0.5) is 11.4 Å². The Morgan fingerprint density at radius 3 is 2.62 bits per heavy atom. The summed E-state index contributed by atoms with van der Waals surface area (Å²) in [5, 5.41) is 14.2. The third-order valence-electron chi connectivity index (χ3n) is 1.86. The van der Waals surface area contributed by atoms with Gasteiger partial charge in [0.2, 0.25) is 0 Å². The maximum Gasteiger partial charge on any atom is 0.293 e. The quantitative estimate of drug-likeness (QED) is 0.508. The summed E-state index contributed by atoms with van der Waals surface area (Å²) in [6, 6.07) is 2.73. The second kappa shape index (κ2) is 6.18. The van der Waals surface area contributed by atoms with E-state index in [1.54, 1.807) is 11.8 Å². The van der Waals surface area contributed by atoms with Gasteiger partial charge < -0.3 is 5.32 Å². The molecular weight excluding hydrogens is 271 g/mol. The van der Waals surface area contributed by atoms with E-state index in [0.717, 1.165) is 5.75 Å². The fourth-order valence-electron chi connectivity index (χ4n) is 1.12. The van der Waals surface area contributed by atoms with Gasteiger partial charge in [-0.3, -0.25) is 10.1 Å². The monoisotopic (exact) mass is 280 g/mol. The Morgan fingerprint density at radius 1 is 1.44 bits per heavy atom. The van der Waals surface area contributed by atoms with E-state index in [0.29, 0.717) is 17.3 Å². The highest BCUT2D eigenvalue weighted by atomic mass is 35.5. The van der Waals surface area contributed by atoms with Crippen molar-refractivity contribution in [3.05, 3.63) is 32.3 Å². The zero-order valence-corrected chi connectivity index (χ0v) is 10.8. The second-order valence-corrected chi connectivity index (χ2v) is 4.76. The molecule has 88 valence electrons. The molecule has 0 unspecified atom stereocenters. The highest BCUT2D eigenvalue weighted by Crippen LogP contribution is 2.33. The molecule has 0 spiro atoms. The first-order valence-electron chi connectivity index (χ1n) is 4.42. The average Bonchev–Trinajstić information content (AvgIpc) is 2.23. The molecule has 0 atom stereocenters. The molecule has 0 saturated heterocycles. The zero-order chi connectivity index (χ0) is 12.1. The minimum absolute atomic E-state index is 0.0597. The van der Waals surface area contributed by atoms with Crippen molar-refractivity contribution < 1.29 is 4.92 Å². The molecule has 0 saturated carbocycles. The van der Waals surface area contributed by atoms with Crippen LogP contribution in [-0.4, -0.2) is 23.5 Å². The number of halogens is 2. The number of rotatable bonds is 5. The van der Waals surface area contributed by atoms with Crippen molar-refractivity contribution in [2.24, 2.45) is 0 Å². The molecule has 0 radical (unpaired) electrons. The first-order valence-corrected chi connectivity index (χ1v) is 6.57. The molecule has 1 aromatic carbocycles. The average molecular weight is 281 g/mol. The van der Waals surface area contributed by atoms with Crippen molar-refractivity contribution in [2.45, 2.75) is 0 Å². The van der Waals surface area contributed by atoms with Crippen LogP contribution >= 0.6 is 35.0 Å². The second-order valence-electron chi connectivity index (χ2n) is 2.96. The summed E-state index contributed by atoms with van der Waals surface area (Å²) < 4.78 is 0. The van der Waals surface area contributed by atoms with Crippen LogP contribution in [0, 0.1) is 10.1 Å². The van der Waals surface area contributed by atoms with E-state index >= 15 is 0 Å². The first-order chi connectivity index (χ1) is 7.56. The molecule has 0 aliphatic rings. The van der Waals surface area contributed by atoms with Gasteiger partial charge in [0.05, 0.1) is 15.0 Å². The predicted octanol–water partition coefficient (Wildman–Crippen LogP) is 3.68. The van der Waals surface area contributed by atoms with Crippen LogP contribution in [-0.2, 0) is 0 Å². The summed E-state index contributed by atoms with van der Waals surface area (Å²) in [5.74, 6) is 0.859. The summed E-state index contributed by atoms with van der Waals surface area (Å²) in [4.78, 5) is 10.3. The van der Waals surface area contributed by atoms with Crippen LogP contribution < -0.4 is 5.32 Å². The molecule has 7 heteroatoms. The number of anilines is 1. The molecular formula is C9H10Cl2N2O2S. The Kier molecular flexibility index (Phi) is 5.18. The Hall–Kier alpha value is -0.650. The van der Waals surface area contributed by atoms with Crippen molar-refractivity contribution in [3.63, 3.8) is 0 Å². The number of nitrogens with zero attached hydrogens (tertiary/aromatic N) is 1. The summed E-state index contributed by atoms with van der Waals surface area (Å²) in [5.41, 5.74) is 0.337. The van der Waals surface area contributed by atoms with Crippen molar-refractivity contribution in [1.82, 2.24) is 0 Å². The highest BCUT2D eigenvalue weighted by molar-refractivity contribution is 7.98. The lowest BCUT2D eigenvalue weighted by molar-refractivity contribution is -0.383. The predicted molar refractivity (Wildman–Crippen MR) is 70.0 cm³/mol. The standard InChI is InChI=1S/C9H10Cl2N2O2S/c1-16-3-2-12-8-4-6(10)7(11)5-9(8)13(14)15/h4-5,12H,2-3H2,1H3. The van der Waals surface area contributed by atoms with E-state index in [-0.39, 0.29) is 10.7 Å². The van der Waals surface area contributed by atoms with Gasteiger partial charge in [0.1, 0.15) is 5.69 Å². The van der Waals surface area contributed by atoms with Crippen LogP contribution in [0.3, 0.4) is 0 Å². The van der Waals surface area contributed by atoms with E-state index in [1.165, 1.54) is 12.1 Å². The highest BCUT2D eigenvalue weighted by Gasteiger charge is 2.16. The Balaban J connectivity index is 2.95. The fraction of sp³-hybridized carbons (Fsp3) is 0.333. The van der Waals surface area contributed by atoms with Crippen molar-refractivity contribution in [1.29, 1.82) is 0 Å². The number of thioether (sulfide) groups is 1. The number of hydrogen-bond donors (Lipinski definition) is 1. The van der Waals surface area contributed by atoms with Gasteiger partial charge in [-0.05, 0) is 12.3 Å². The number of nitro groups is 1. The minimum Gasteiger partial charge on any atom is -0.379 e. The number of nitro benzene ring substituents is 1. The lowest BCUT2D eigenvalue weighted by Crippen LogP contribution is -2.06. The molecule has 0 fully saturated rings. The van der Waals surface area contributed by atoms with E-state index < -0.39 is 4.92 Å². The molecule has 0 heterocycles. The van der Waals surface area contributed by atoms with Gasteiger partial charge in [0.15, 0.2) is 0 Å². The molecule has 0 aliphatic carbocycles. The van der Waals surface area contributed by atoms with E-state index in [1.807, 2.05) is 6.26 Å². The Labute approximate surface area is 107 Å². The van der Waals surface area contributed by atoms with Gasteiger partial charge in [0.25, 0.3) is 5.69 Å². The van der Waals surface area contributed by atoms with E-state index in [4.69, 9.17) is 23.2 Å². The normalized spacial score (nSPS) is 10.2. The smallest absolute Gasteiger partial charge is 0.293 e. The lowest BCUT2D eigenvalue weighted by atomic mass is 10.2. The van der Waals surface area contributed by atoms with Gasteiger partial charge in [-0.15, -0.1) is 0 Å². The van der Waals surface area contributed by atoms with Gasteiger partial charge in [-0.2, -0.15) is 11.8 Å². The Bertz CT molecular complexity index is 401. The van der Waals surface area contributed by atoms with Crippen molar-refractivity contribution >= 4 is 46.3 Å². The van der Waals surface area contributed by atoms with Crippen LogP contribution in [0.5, 0.6) is 0 Å².